The number of amides is 3. The molecule has 3 amide bonds. The molecule has 0 saturated carbocycles. The average Bonchev–Trinajstić information content (AvgIpc) is 3.06. The van der Waals surface area contributed by atoms with E-state index in [1.807, 2.05) is 87.9 Å². The van der Waals surface area contributed by atoms with Crippen molar-refractivity contribution in [2.24, 2.45) is 5.92 Å². The van der Waals surface area contributed by atoms with Crippen LogP contribution in [0.15, 0.2) is 72.8 Å². The van der Waals surface area contributed by atoms with Crippen LogP contribution in [0, 0.1) is 5.92 Å². The summed E-state index contributed by atoms with van der Waals surface area (Å²) in [7, 11) is 5.50. The molecule has 3 aromatic rings. The molecule has 0 fully saturated rings. The normalized spacial score (nSPS) is 11.2. The maximum atomic E-state index is 13.3. The van der Waals surface area contributed by atoms with Gasteiger partial charge in [-0.25, -0.2) is 0 Å². The first kappa shape index (κ1) is 36.8. The third kappa shape index (κ3) is 11.3. The minimum atomic E-state index is -0.0143. The largest absolute Gasteiger partial charge is 0.340 e. The highest BCUT2D eigenvalue weighted by molar-refractivity contribution is 7.97. The fraction of sp³-hybridized carbons (Fsp3) is 0.447. The van der Waals surface area contributed by atoms with E-state index in [1.54, 1.807) is 26.5 Å². The number of benzene rings is 3. The smallest absolute Gasteiger partial charge is 0.253 e. The average molecular weight is 645 g/mol. The maximum absolute atomic E-state index is 13.3. The Labute approximate surface area is 280 Å². The van der Waals surface area contributed by atoms with Crippen molar-refractivity contribution in [1.82, 2.24) is 19.6 Å². The zero-order valence-corrected chi connectivity index (χ0v) is 29.6. The molecule has 3 aromatic carbocycles. The van der Waals surface area contributed by atoms with Crippen LogP contribution in [-0.4, -0.2) is 104 Å². The van der Waals surface area contributed by atoms with Gasteiger partial charge in [0.1, 0.15) is 0 Å². The number of hydrogen-bond acceptors (Lipinski definition) is 5. The summed E-state index contributed by atoms with van der Waals surface area (Å²) >= 11 is 1.73. The van der Waals surface area contributed by atoms with E-state index in [2.05, 4.69) is 38.0 Å². The lowest BCUT2D eigenvalue weighted by atomic mass is 10.0. The van der Waals surface area contributed by atoms with Gasteiger partial charge in [0.25, 0.3) is 17.7 Å². The molecule has 0 bridgehead atoms. The maximum Gasteiger partial charge on any atom is 0.253 e. The summed E-state index contributed by atoms with van der Waals surface area (Å²) in [5.74, 6) is 1.34. The van der Waals surface area contributed by atoms with Crippen LogP contribution >= 0.6 is 11.8 Å². The van der Waals surface area contributed by atoms with Crippen molar-refractivity contribution in [3.63, 3.8) is 0 Å². The van der Waals surface area contributed by atoms with E-state index in [1.165, 1.54) is 5.56 Å². The third-order valence-corrected chi connectivity index (χ3v) is 8.80. The number of likely N-dealkylation sites (N-methyl/N-ethyl adjacent to an activating group) is 3. The van der Waals surface area contributed by atoms with E-state index in [-0.39, 0.29) is 17.7 Å². The van der Waals surface area contributed by atoms with Crippen LogP contribution in [0.1, 0.15) is 68.5 Å². The number of nitrogens with zero attached hydrogens (tertiary/aromatic N) is 4. The number of thioether (sulfide) groups is 1. The first-order valence-electron chi connectivity index (χ1n) is 16.3. The first-order chi connectivity index (χ1) is 22.0. The Morgan fingerprint density at radius 1 is 0.609 bits per heavy atom. The van der Waals surface area contributed by atoms with Gasteiger partial charge in [0.05, 0.1) is 0 Å². The summed E-state index contributed by atoms with van der Waals surface area (Å²) in [4.78, 5) is 47.4. The van der Waals surface area contributed by atoms with Crippen LogP contribution in [0.25, 0.3) is 0 Å². The van der Waals surface area contributed by atoms with Crippen molar-refractivity contribution in [2.45, 2.75) is 39.4 Å². The predicted molar refractivity (Wildman–Crippen MR) is 192 cm³/mol. The van der Waals surface area contributed by atoms with Crippen molar-refractivity contribution in [2.75, 3.05) is 66.7 Å². The summed E-state index contributed by atoms with van der Waals surface area (Å²) < 4.78 is 0. The highest BCUT2D eigenvalue weighted by Gasteiger charge is 2.19. The summed E-state index contributed by atoms with van der Waals surface area (Å²) in [6.45, 7) is 9.86. The number of aryl methyl sites for hydroxylation is 1. The topological polar surface area (TPSA) is 64.2 Å². The molecule has 0 radical (unpaired) electrons. The van der Waals surface area contributed by atoms with Crippen LogP contribution < -0.4 is 0 Å². The molecule has 0 N–H and O–H groups in total. The molecule has 0 aliphatic heterocycles. The van der Waals surface area contributed by atoms with Gasteiger partial charge in [0.2, 0.25) is 0 Å². The molecule has 7 nitrogen and oxygen atoms in total. The van der Waals surface area contributed by atoms with Gasteiger partial charge in [-0.05, 0) is 78.1 Å². The zero-order chi connectivity index (χ0) is 33.6. The fourth-order valence-electron chi connectivity index (χ4n) is 5.36. The van der Waals surface area contributed by atoms with Crippen molar-refractivity contribution >= 4 is 29.5 Å². The Morgan fingerprint density at radius 3 is 1.41 bits per heavy atom. The van der Waals surface area contributed by atoms with Gasteiger partial charge >= 0.3 is 0 Å². The molecule has 248 valence electrons. The lowest BCUT2D eigenvalue weighted by Crippen LogP contribution is -2.44. The number of hydrogen-bond donors (Lipinski definition) is 0. The molecule has 8 heteroatoms. The van der Waals surface area contributed by atoms with Crippen molar-refractivity contribution < 1.29 is 14.4 Å². The molecule has 0 spiro atoms. The number of carbonyl (C=O) groups is 3. The van der Waals surface area contributed by atoms with E-state index < -0.39 is 0 Å². The quantitative estimate of drug-likeness (QED) is 0.174. The summed E-state index contributed by atoms with van der Waals surface area (Å²) in [6, 6.07) is 23.5. The third-order valence-electron chi connectivity index (χ3n) is 8.18. The Bertz CT molecular complexity index is 1440. The van der Waals surface area contributed by atoms with Crippen molar-refractivity contribution in [1.29, 1.82) is 0 Å². The van der Waals surface area contributed by atoms with Crippen LogP contribution in [-0.2, 0) is 18.6 Å². The van der Waals surface area contributed by atoms with Gasteiger partial charge in [-0.2, -0.15) is 11.8 Å². The molecule has 0 aliphatic carbocycles. The predicted octanol–water partition coefficient (Wildman–Crippen LogP) is 6.23. The van der Waals surface area contributed by atoms with Gasteiger partial charge in [-0.3, -0.25) is 19.3 Å². The van der Waals surface area contributed by atoms with Crippen LogP contribution in [0.5, 0.6) is 0 Å². The summed E-state index contributed by atoms with van der Waals surface area (Å²) in [5, 5.41) is 0. The lowest BCUT2D eigenvalue weighted by molar-refractivity contribution is 0.0736. The monoisotopic (exact) mass is 644 g/mol. The van der Waals surface area contributed by atoms with Gasteiger partial charge in [-0.15, -0.1) is 0 Å². The van der Waals surface area contributed by atoms with Gasteiger partial charge in [0, 0.05) is 82.9 Å². The Morgan fingerprint density at radius 2 is 1.00 bits per heavy atom. The Kier molecular flexibility index (Phi) is 14.8. The minimum absolute atomic E-state index is 0.00826. The molecule has 3 rings (SSSR count). The van der Waals surface area contributed by atoms with Crippen LogP contribution in [0.4, 0.5) is 0 Å². The second-order valence-electron chi connectivity index (χ2n) is 12.5. The van der Waals surface area contributed by atoms with E-state index in [0.717, 1.165) is 29.7 Å². The molecule has 0 unspecified atom stereocenters. The molecular weight excluding hydrogens is 593 g/mol. The Balaban J connectivity index is 1.68. The summed E-state index contributed by atoms with van der Waals surface area (Å²) in [5.41, 5.74) is 5.50. The molecule has 0 aromatic heterocycles. The standard InChI is InChI=1S/C38H52N4O3S/c1-8-30-12-9-15-33(25-30)36(43)39(4)18-21-42(23-20-41(6)38(45)35-17-11-14-32(27-35)28-46-7)22-19-40(5)37(44)34-16-10-13-31(26-34)24-29(2)3/h9-17,25-27,29H,8,18-24,28H2,1-7H3. The second kappa shape index (κ2) is 18.5. The fourth-order valence-corrected chi connectivity index (χ4v) is 5.88. The summed E-state index contributed by atoms with van der Waals surface area (Å²) in [6.07, 6.45) is 3.86. The highest BCUT2D eigenvalue weighted by Crippen LogP contribution is 2.15. The second-order valence-corrected chi connectivity index (χ2v) is 13.4. The van der Waals surface area contributed by atoms with Gasteiger partial charge in [-0.1, -0.05) is 57.2 Å². The molecule has 46 heavy (non-hydrogen) atoms. The molecular formula is C38H52N4O3S. The Hall–Kier alpha value is -3.62. The number of carbonyl (C=O) groups excluding carboxylic acids is 3. The number of rotatable bonds is 17. The van der Waals surface area contributed by atoms with Gasteiger partial charge in [0.15, 0.2) is 0 Å². The van der Waals surface area contributed by atoms with Crippen LogP contribution in [0.3, 0.4) is 0 Å². The SMILES string of the molecule is CCc1cccc(C(=O)N(C)CCN(CCN(C)C(=O)c2cccc(CSC)c2)CCN(C)C(=O)c2cccc(CC(C)C)c2)c1. The molecule has 0 saturated heterocycles. The molecule has 0 heterocycles. The van der Waals surface area contributed by atoms with Crippen LogP contribution in [0.2, 0.25) is 0 Å². The van der Waals surface area contributed by atoms with Crippen molar-refractivity contribution in [3.05, 3.63) is 106 Å². The van der Waals surface area contributed by atoms with E-state index >= 15 is 0 Å². The first-order valence-corrected chi connectivity index (χ1v) is 17.7. The zero-order valence-electron chi connectivity index (χ0n) is 28.8. The lowest BCUT2D eigenvalue weighted by Gasteiger charge is -2.29. The van der Waals surface area contributed by atoms with Gasteiger partial charge < -0.3 is 14.7 Å². The van der Waals surface area contributed by atoms with E-state index in [4.69, 9.17) is 0 Å². The molecule has 0 aliphatic rings. The molecule has 0 atom stereocenters. The van der Waals surface area contributed by atoms with E-state index in [0.29, 0.717) is 61.9 Å². The minimum Gasteiger partial charge on any atom is -0.340 e. The van der Waals surface area contributed by atoms with E-state index in [9.17, 15) is 14.4 Å². The highest BCUT2D eigenvalue weighted by atomic mass is 32.2. The van der Waals surface area contributed by atoms with Crippen molar-refractivity contribution in [3.8, 4) is 0 Å².